The Morgan fingerprint density at radius 3 is 2.76 bits per heavy atom. The molecule has 1 rings (SSSR count). The van der Waals surface area contributed by atoms with E-state index in [1.54, 1.807) is 0 Å². The quantitative estimate of drug-likeness (QED) is 0.570. The third-order valence-electron chi connectivity index (χ3n) is 4.30. The fourth-order valence-corrected chi connectivity index (χ4v) is 2.98. The van der Waals surface area contributed by atoms with Gasteiger partial charge in [0, 0.05) is 18.4 Å². The summed E-state index contributed by atoms with van der Waals surface area (Å²) in [5, 5.41) is 23.2. The number of hydrogen-bond donors (Lipinski definition) is 3. The highest BCUT2D eigenvalue weighted by Gasteiger charge is 2.34. The predicted octanol–water partition coefficient (Wildman–Crippen LogP) is 2.05. The van der Waals surface area contributed by atoms with Gasteiger partial charge in [-0.2, -0.15) is 0 Å². The van der Waals surface area contributed by atoms with Gasteiger partial charge in [-0.15, -0.1) is 0 Å². The van der Waals surface area contributed by atoms with E-state index in [1.165, 1.54) is 0 Å². The average Bonchev–Trinajstić information content (AvgIpc) is 2.44. The Morgan fingerprint density at radius 1 is 1.38 bits per heavy atom. The van der Waals surface area contributed by atoms with Crippen LogP contribution in [0.1, 0.15) is 52.9 Å². The van der Waals surface area contributed by atoms with Crippen molar-refractivity contribution in [3.8, 4) is 0 Å². The van der Waals surface area contributed by atoms with Crippen LogP contribution >= 0.6 is 0 Å². The maximum absolute atomic E-state index is 12.1. The van der Waals surface area contributed by atoms with E-state index in [1.807, 2.05) is 19.9 Å². The number of hydrogen-bond acceptors (Lipinski definition) is 4. The lowest BCUT2D eigenvalue weighted by molar-refractivity contribution is -0.124. The zero-order valence-electron chi connectivity index (χ0n) is 13.6. The van der Waals surface area contributed by atoms with Crippen LogP contribution in [0.4, 0.5) is 0 Å². The number of ketones is 1. The monoisotopic (exact) mass is 297 g/mol. The van der Waals surface area contributed by atoms with Crippen molar-refractivity contribution in [3.63, 3.8) is 0 Å². The third kappa shape index (κ3) is 5.89. The minimum atomic E-state index is -0.558. The molecule has 0 aromatic rings. The highest BCUT2D eigenvalue weighted by atomic mass is 16.3. The van der Waals surface area contributed by atoms with Gasteiger partial charge in [0.15, 0.2) is 5.78 Å². The molecule has 0 saturated heterocycles. The third-order valence-corrected chi connectivity index (χ3v) is 4.30. The minimum Gasteiger partial charge on any atom is -0.392 e. The molecule has 1 aliphatic rings. The fraction of sp³-hybridized carbons (Fsp3) is 0.824. The van der Waals surface area contributed by atoms with Crippen LogP contribution in [0, 0.1) is 11.8 Å². The molecule has 4 nitrogen and oxygen atoms in total. The summed E-state index contributed by atoms with van der Waals surface area (Å²) in [5.41, 5.74) is 0.779. The SMILES string of the molecule is CCCNCC(O)CCCCC1C(=O)C(C)=C[C@@H](C)C1O. The van der Waals surface area contributed by atoms with Gasteiger partial charge in [-0.3, -0.25) is 4.79 Å². The Balaban J connectivity index is 2.26. The molecule has 4 atom stereocenters. The maximum atomic E-state index is 12.1. The van der Waals surface area contributed by atoms with Gasteiger partial charge in [0.1, 0.15) is 0 Å². The smallest absolute Gasteiger partial charge is 0.163 e. The van der Waals surface area contributed by atoms with E-state index in [0.717, 1.165) is 37.8 Å². The average molecular weight is 297 g/mol. The van der Waals surface area contributed by atoms with Gasteiger partial charge < -0.3 is 15.5 Å². The first-order valence-electron chi connectivity index (χ1n) is 8.26. The number of nitrogens with one attached hydrogen (secondary N) is 1. The van der Waals surface area contributed by atoms with E-state index < -0.39 is 6.10 Å². The molecule has 0 aliphatic heterocycles. The largest absolute Gasteiger partial charge is 0.392 e. The summed E-state index contributed by atoms with van der Waals surface area (Å²) in [6, 6.07) is 0. The number of Topliss-reactive ketones (excluding diaryl/α,β-unsaturated/α-hetero) is 1. The molecule has 0 amide bonds. The topological polar surface area (TPSA) is 69.6 Å². The van der Waals surface area contributed by atoms with Crippen LogP contribution in [-0.4, -0.2) is 41.3 Å². The van der Waals surface area contributed by atoms with E-state index in [-0.39, 0.29) is 23.7 Å². The van der Waals surface area contributed by atoms with E-state index >= 15 is 0 Å². The van der Waals surface area contributed by atoms with Gasteiger partial charge in [-0.25, -0.2) is 0 Å². The Hall–Kier alpha value is -0.710. The second-order valence-electron chi connectivity index (χ2n) is 6.31. The van der Waals surface area contributed by atoms with Crippen molar-refractivity contribution in [2.45, 2.75) is 65.1 Å². The molecule has 0 spiro atoms. The van der Waals surface area contributed by atoms with Gasteiger partial charge in [0.05, 0.1) is 12.2 Å². The van der Waals surface area contributed by atoms with Crippen molar-refractivity contribution in [1.82, 2.24) is 5.32 Å². The summed E-state index contributed by atoms with van der Waals surface area (Å²) < 4.78 is 0. The number of carbonyl (C=O) groups excluding carboxylic acids is 1. The Bertz CT molecular complexity index is 354. The van der Waals surface area contributed by atoms with Gasteiger partial charge in [0.2, 0.25) is 0 Å². The molecule has 21 heavy (non-hydrogen) atoms. The van der Waals surface area contributed by atoms with Gasteiger partial charge >= 0.3 is 0 Å². The highest BCUT2D eigenvalue weighted by Crippen LogP contribution is 2.29. The van der Waals surface area contributed by atoms with Crippen molar-refractivity contribution in [2.75, 3.05) is 13.1 Å². The van der Waals surface area contributed by atoms with Gasteiger partial charge in [0.25, 0.3) is 0 Å². The van der Waals surface area contributed by atoms with Crippen molar-refractivity contribution in [3.05, 3.63) is 11.6 Å². The molecular weight excluding hydrogens is 266 g/mol. The van der Waals surface area contributed by atoms with Crippen molar-refractivity contribution in [1.29, 1.82) is 0 Å². The molecule has 0 heterocycles. The van der Waals surface area contributed by atoms with Crippen molar-refractivity contribution in [2.24, 2.45) is 11.8 Å². The number of allylic oxidation sites excluding steroid dienone is 1. The maximum Gasteiger partial charge on any atom is 0.163 e. The second kappa shape index (κ2) is 9.34. The van der Waals surface area contributed by atoms with Crippen LogP contribution in [0.2, 0.25) is 0 Å². The van der Waals surface area contributed by atoms with Gasteiger partial charge in [-0.1, -0.05) is 32.8 Å². The standard InChI is InChI=1S/C17H31NO3/c1-4-9-18-11-14(19)7-5-6-8-15-16(20)12(2)10-13(3)17(15)21/h10,12,14-16,18-20H,4-9,11H2,1-3H3/t12-,14?,15?,16?/m1/s1. The first kappa shape index (κ1) is 18.3. The Kier molecular flexibility index (Phi) is 8.15. The molecule has 122 valence electrons. The summed E-state index contributed by atoms with van der Waals surface area (Å²) in [4.78, 5) is 12.1. The molecule has 3 N–H and O–H groups in total. The molecular formula is C17H31NO3. The summed E-state index contributed by atoms with van der Waals surface area (Å²) in [6.45, 7) is 7.46. The second-order valence-corrected chi connectivity index (χ2v) is 6.31. The molecule has 0 fully saturated rings. The first-order chi connectivity index (χ1) is 9.97. The number of unbranched alkanes of at least 4 members (excludes halogenated alkanes) is 1. The normalized spacial score (nSPS) is 27.6. The Morgan fingerprint density at radius 2 is 2.10 bits per heavy atom. The lowest BCUT2D eigenvalue weighted by Crippen LogP contribution is -2.37. The van der Waals surface area contributed by atoms with Crippen LogP contribution in [0.25, 0.3) is 0 Å². The number of aliphatic hydroxyl groups excluding tert-OH is 2. The summed E-state index contributed by atoms with van der Waals surface area (Å²) >= 11 is 0. The Labute approximate surface area is 128 Å². The predicted molar refractivity (Wildman–Crippen MR) is 85.1 cm³/mol. The van der Waals surface area contributed by atoms with Crippen LogP contribution in [0.3, 0.4) is 0 Å². The molecule has 3 unspecified atom stereocenters. The zero-order chi connectivity index (χ0) is 15.8. The molecule has 4 heteroatoms. The van der Waals surface area contributed by atoms with Crippen LogP contribution < -0.4 is 5.32 Å². The molecule has 0 aromatic heterocycles. The molecule has 0 radical (unpaired) electrons. The summed E-state index contributed by atoms with van der Waals surface area (Å²) in [7, 11) is 0. The van der Waals surface area contributed by atoms with Crippen molar-refractivity contribution < 1.29 is 15.0 Å². The van der Waals surface area contributed by atoms with Crippen LogP contribution in [0.5, 0.6) is 0 Å². The number of carbonyl (C=O) groups is 1. The lowest BCUT2D eigenvalue weighted by Gasteiger charge is -2.30. The van der Waals surface area contributed by atoms with E-state index in [0.29, 0.717) is 13.0 Å². The molecule has 0 saturated carbocycles. The lowest BCUT2D eigenvalue weighted by atomic mass is 9.77. The molecule has 0 bridgehead atoms. The van der Waals surface area contributed by atoms with E-state index in [9.17, 15) is 15.0 Å². The number of rotatable bonds is 9. The van der Waals surface area contributed by atoms with Gasteiger partial charge in [-0.05, 0) is 38.3 Å². The van der Waals surface area contributed by atoms with E-state index in [4.69, 9.17) is 0 Å². The molecule has 1 aliphatic carbocycles. The first-order valence-corrected chi connectivity index (χ1v) is 8.26. The van der Waals surface area contributed by atoms with Crippen LogP contribution in [-0.2, 0) is 4.79 Å². The fourth-order valence-electron chi connectivity index (χ4n) is 2.98. The summed E-state index contributed by atoms with van der Waals surface area (Å²) in [5.74, 6) is -0.123. The van der Waals surface area contributed by atoms with Crippen LogP contribution in [0.15, 0.2) is 11.6 Å². The minimum absolute atomic E-state index is 0.0523. The number of aliphatic hydroxyl groups is 2. The molecule has 0 aromatic carbocycles. The van der Waals surface area contributed by atoms with Crippen molar-refractivity contribution >= 4 is 5.78 Å². The highest BCUT2D eigenvalue weighted by molar-refractivity contribution is 5.97. The van der Waals surface area contributed by atoms with E-state index in [2.05, 4.69) is 12.2 Å². The summed E-state index contributed by atoms with van der Waals surface area (Å²) in [6.07, 6.45) is 5.29. The zero-order valence-corrected chi connectivity index (χ0v) is 13.6.